The molecule has 0 saturated carbocycles. The van der Waals surface area contributed by atoms with Gasteiger partial charge in [0.2, 0.25) is 0 Å². The fourth-order valence-corrected chi connectivity index (χ4v) is 2.37. The van der Waals surface area contributed by atoms with Gasteiger partial charge in [0.1, 0.15) is 11.6 Å². The monoisotopic (exact) mass is 307 g/mol. The van der Waals surface area contributed by atoms with Gasteiger partial charge in [-0.1, -0.05) is 17.7 Å². The molecular formula is C15H8ClF2NO2. The number of rotatable bonds is 2. The Morgan fingerprint density at radius 2 is 1.81 bits per heavy atom. The van der Waals surface area contributed by atoms with Crippen molar-refractivity contribution in [3.8, 4) is 0 Å². The summed E-state index contributed by atoms with van der Waals surface area (Å²) in [6.07, 6.45) is 0. The van der Waals surface area contributed by atoms with Crippen molar-refractivity contribution in [2.75, 3.05) is 4.90 Å². The average Bonchev–Trinajstić information content (AvgIpc) is 2.68. The molecule has 0 atom stereocenters. The van der Waals surface area contributed by atoms with Crippen molar-refractivity contribution in [2.45, 2.75) is 6.54 Å². The summed E-state index contributed by atoms with van der Waals surface area (Å²) in [5.74, 6) is -2.72. The van der Waals surface area contributed by atoms with E-state index >= 15 is 0 Å². The molecule has 0 spiro atoms. The molecule has 3 rings (SSSR count). The van der Waals surface area contributed by atoms with Crippen LogP contribution in [-0.4, -0.2) is 11.7 Å². The molecule has 2 aromatic rings. The number of hydrogen-bond donors (Lipinski definition) is 0. The normalized spacial score (nSPS) is 13.8. The van der Waals surface area contributed by atoms with Gasteiger partial charge in [0.05, 0.1) is 22.8 Å². The number of fused-ring (bicyclic) bond motifs is 1. The van der Waals surface area contributed by atoms with E-state index in [4.69, 9.17) is 11.6 Å². The van der Waals surface area contributed by atoms with Gasteiger partial charge in [0.15, 0.2) is 0 Å². The maximum absolute atomic E-state index is 13.4. The van der Waals surface area contributed by atoms with Gasteiger partial charge in [-0.15, -0.1) is 0 Å². The standard InChI is InChI=1S/C15H8ClF2NO2/c16-11-3-1-8(5-12(11)18)7-19-13-4-2-9(17)6-10(13)14(20)15(19)21/h1-6H,7H2. The van der Waals surface area contributed by atoms with Crippen LogP contribution in [0.15, 0.2) is 36.4 Å². The van der Waals surface area contributed by atoms with Crippen LogP contribution in [0.3, 0.4) is 0 Å². The zero-order chi connectivity index (χ0) is 15.1. The molecule has 0 aliphatic carbocycles. The second-order valence-corrected chi connectivity index (χ2v) is 5.04. The van der Waals surface area contributed by atoms with Crippen LogP contribution in [0.25, 0.3) is 0 Å². The number of hydrogen-bond acceptors (Lipinski definition) is 2. The summed E-state index contributed by atoms with van der Waals surface area (Å²) in [5, 5.41) is -0.0231. The molecule has 0 aromatic heterocycles. The smallest absolute Gasteiger partial charge is 0.299 e. The van der Waals surface area contributed by atoms with E-state index in [2.05, 4.69) is 0 Å². The van der Waals surface area contributed by atoms with Crippen molar-refractivity contribution >= 4 is 29.0 Å². The second kappa shape index (κ2) is 4.93. The summed E-state index contributed by atoms with van der Waals surface area (Å²) in [6, 6.07) is 7.68. The van der Waals surface area contributed by atoms with Gasteiger partial charge >= 0.3 is 0 Å². The Hall–Kier alpha value is -2.27. The lowest BCUT2D eigenvalue weighted by Gasteiger charge is -2.16. The van der Waals surface area contributed by atoms with Crippen LogP contribution < -0.4 is 4.90 Å². The second-order valence-electron chi connectivity index (χ2n) is 4.63. The number of Topliss-reactive ketones (excluding diaryl/α,β-unsaturated/α-hetero) is 1. The molecular weight excluding hydrogens is 300 g/mol. The molecule has 0 saturated heterocycles. The number of carbonyl (C=O) groups excluding carboxylic acids is 2. The Labute approximate surface area is 123 Å². The fraction of sp³-hybridized carbons (Fsp3) is 0.0667. The molecule has 1 heterocycles. The molecule has 2 aromatic carbocycles. The highest BCUT2D eigenvalue weighted by Gasteiger charge is 2.36. The van der Waals surface area contributed by atoms with Crippen molar-refractivity contribution in [1.29, 1.82) is 0 Å². The van der Waals surface area contributed by atoms with E-state index in [0.29, 0.717) is 11.3 Å². The molecule has 0 unspecified atom stereocenters. The van der Waals surface area contributed by atoms with Crippen molar-refractivity contribution in [2.24, 2.45) is 0 Å². The first-order valence-electron chi connectivity index (χ1n) is 6.07. The highest BCUT2D eigenvalue weighted by molar-refractivity contribution is 6.52. The Balaban J connectivity index is 1.98. The van der Waals surface area contributed by atoms with E-state index in [1.54, 1.807) is 6.07 Å². The van der Waals surface area contributed by atoms with Crippen LogP contribution in [-0.2, 0) is 11.3 Å². The number of anilines is 1. The van der Waals surface area contributed by atoms with Crippen molar-refractivity contribution in [1.82, 2.24) is 0 Å². The lowest BCUT2D eigenvalue weighted by molar-refractivity contribution is -0.114. The summed E-state index contributed by atoms with van der Waals surface area (Å²) in [6.45, 7) is 0.0112. The van der Waals surface area contributed by atoms with Crippen LogP contribution in [0.2, 0.25) is 5.02 Å². The van der Waals surface area contributed by atoms with E-state index in [1.807, 2.05) is 0 Å². The van der Waals surface area contributed by atoms with Gasteiger partial charge in [-0.05, 0) is 35.9 Å². The SMILES string of the molecule is O=C1C(=O)N(Cc2ccc(Cl)c(F)c2)c2ccc(F)cc21. The number of halogens is 3. The minimum atomic E-state index is -0.765. The molecule has 3 nitrogen and oxygen atoms in total. The Kier molecular flexibility index (Phi) is 3.22. The first kappa shape index (κ1) is 13.7. The lowest BCUT2D eigenvalue weighted by Crippen LogP contribution is -2.29. The first-order valence-corrected chi connectivity index (χ1v) is 6.45. The lowest BCUT2D eigenvalue weighted by atomic mass is 10.1. The third-order valence-electron chi connectivity index (χ3n) is 3.26. The zero-order valence-corrected chi connectivity index (χ0v) is 11.3. The minimum absolute atomic E-state index is 0.0112. The molecule has 1 aliphatic rings. The molecule has 21 heavy (non-hydrogen) atoms. The predicted octanol–water partition coefficient (Wildman–Crippen LogP) is 3.35. The number of benzene rings is 2. The summed E-state index contributed by atoms with van der Waals surface area (Å²) < 4.78 is 26.6. The molecule has 0 bridgehead atoms. The molecule has 0 fully saturated rings. The highest BCUT2D eigenvalue weighted by atomic mass is 35.5. The first-order chi connectivity index (χ1) is 9.97. The predicted molar refractivity (Wildman–Crippen MR) is 73.3 cm³/mol. The van der Waals surface area contributed by atoms with Crippen molar-refractivity contribution < 1.29 is 18.4 Å². The fourth-order valence-electron chi connectivity index (χ4n) is 2.25. The van der Waals surface area contributed by atoms with E-state index in [0.717, 1.165) is 6.07 Å². The third-order valence-corrected chi connectivity index (χ3v) is 3.56. The summed E-state index contributed by atoms with van der Waals surface area (Å²) in [4.78, 5) is 25.0. The van der Waals surface area contributed by atoms with Crippen LogP contribution in [0.1, 0.15) is 15.9 Å². The van der Waals surface area contributed by atoms with Crippen molar-refractivity contribution in [3.05, 3.63) is 64.2 Å². The molecule has 6 heteroatoms. The Morgan fingerprint density at radius 1 is 1.05 bits per heavy atom. The van der Waals surface area contributed by atoms with E-state index in [1.165, 1.54) is 29.2 Å². The van der Waals surface area contributed by atoms with Crippen LogP contribution >= 0.6 is 11.6 Å². The molecule has 106 valence electrons. The maximum Gasteiger partial charge on any atom is 0.299 e. The summed E-state index contributed by atoms with van der Waals surface area (Å²) in [5.41, 5.74) is 0.825. The zero-order valence-electron chi connectivity index (χ0n) is 10.6. The van der Waals surface area contributed by atoms with Crippen LogP contribution in [0, 0.1) is 11.6 Å². The largest absolute Gasteiger partial charge is 0.300 e. The van der Waals surface area contributed by atoms with Crippen molar-refractivity contribution in [3.63, 3.8) is 0 Å². The molecule has 1 aliphatic heterocycles. The Morgan fingerprint density at radius 3 is 2.52 bits per heavy atom. The number of carbonyl (C=O) groups is 2. The van der Waals surface area contributed by atoms with E-state index < -0.39 is 23.3 Å². The average molecular weight is 308 g/mol. The number of ketones is 1. The van der Waals surface area contributed by atoms with E-state index in [-0.39, 0.29) is 17.1 Å². The quantitative estimate of drug-likeness (QED) is 0.798. The molecule has 0 radical (unpaired) electrons. The van der Waals surface area contributed by atoms with Gasteiger partial charge in [-0.3, -0.25) is 9.59 Å². The highest BCUT2D eigenvalue weighted by Crippen LogP contribution is 2.31. The minimum Gasteiger partial charge on any atom is -0.300 e. The van der Waals surface area contributed by atoms with Gasteiger partial charge in [0, 0.05) is 0 Å². The number of nitrogens with zero attached hydrogens (tertiary/aromatic N) is 1. The molecule has 1 amide bonds. The maximum atomic E-state index is 13.4. The third kappa shape index (κ3) is 2.29. The number of amides is 1. The molecule has 0 N–H and O–H groups in total. The topological polar surface area (TPSA) is 37.4 Å². The van der Waals surface area contributed by atoms with Gasteiger partial charge in [0.25, 0.3) is 11.7 Å². The van der Waals surface area contributed by atoms with E-state index in [9.17, 15) is 18.4 Å². The van der Waals surface area contributed by atoms with Gasteiger partial charge in [-0.25, -0.2) is 8.78 Å². The van der Waals surface area contributed by atoms with Gasteiger partial charge < -0.3 is 4.90 Å². The summed E-state index contributed by atoms with van der Waals surface area (Å²) >= 11 is 5.60. The summed E-state index contributed by atoms with van der Waals surface area (Å²) in [7, 11) is 0. The Bertz CT molecular complexity index is 776. The van der Waals surface area contributed by atoms with Crippen LogP contribution in [0.4, 0.5) is 14.5 Å². The van der Waals surface area contributed by atoms with Crippen LogP contribution in [0.5, 0.6) is 0 Å². The van der Waals surface area contributed by atoms with Gasteiger partial charge in [-0.2, -0.15) is 0 Å².